The molecule has 0 aromatic heterocycles. The van der Waals surface area contributed by atoms with Gasteiger partial charge in [0.1, 0.15) is 18.1 Å². The van der Waals surface area contributed by atoms with Crippen LogP contribution in [0.2, 0.25) is 0 Å². The Bertz CT molecular complexity index is 460. The first-order valence-corrected chi connectivity index (χ1v) is 3.96. The van der Waals surface area contributed by atoms with E-state index in [-0.39, 0.29) is 11.3 Å². The Hall–Kier alpha value is -2.09. The van der Waals surface area contributed by atoms with Crippen molar-refractivity contribution >= 4 is 11.7 Å². The second kappa shape index (κ2) is 4.42. The first kappa shape index (κ1) is 11.0. The lowest BCUT2D eigenvalue weighted by Crippen LogP contribution is -1.95. The van der Waals surface area contributed by atoms with Crippen molar-refractivity contribution < 1.29 is 18.7 Å². The molecular weight excluding hydrogens is 204 g/mol. The lowest BCUT2D eigenvalue weighted by molar-refractivity contribution is -0.135. The number of hydrogen-bond donors (Lipinski definition) is 2. The van der Waals surface area contributed by atoms with Crippen LogP contribution < -0.4 is 5.73 Å². The van der Waals surface area contributed by atoms with Gasteiger partial charge in [0.15, 0.2) is 0 Å². The highest BCUT2D eigenvalue weighted by molar-refractivity contribution is 5.70. The maximum absolute atomic E-state index is 13.0. The Morgan fingerprint density at radius 3 is 2.67 bits per heavy atom. The van der Waals surface area contributed by atoms with Crippen molar-refractivity contribution in [2.24, 2.45) is 0 Å². The van der Waals surface area contributed by atoms with Gasteiger partial charge in [-0.2, -0.15) is 0 Å². The number of hydrogen-bond acceptors (Lipinski definition) is 2. The fraction of sp³-hybridized carbons (Fsp3) is 0.100. The van der Waals surface area contributed by atoms with Crippen molar-refractivity contribution in [1.29, 1.82) is 0 Å². The van der Waals surface area contributed by atoms with E-state index in [1.165, 1.54) is 0 Å². The number of nitrogen functional groups attached to an aromatic ring is 1. The molecule has 0 radical (unpaired) electrons. The minimum absolute atomic E-state index is 0.116. The summed E-state index contributed by atoms with van der Waals surface area (Å²) in [6.45, 7) is 0. The number of anilines is 1. The first-order valence-electron chi connectivity index (χ1n) is 3.96. The summed E-state index contributed by atoms with van der Waals surface area (Å²) in [7, 11) is 0. The van der Waals surface area contributed by atoms with E-state index in [1.807, 2.05) is 0 Å². The number of carboxylic acids is 1. The summed E-state index contributed by atoms with van der Waals surface area (Å²) >= 11 is 0. The zero-order chi connectivity index (χ0) is 11.4. The van der Waals surface area contributed by atoms with Crippen LogP contribution in [0.25, 0.3) is 0 Å². The number of benzene rings is 1. The molecule has 3 nitrogen and oxygen atoms in total. The first-order chi connectivity index (χ1) is 7.00. The van der Waals surface area contributed by atoms with Crippen molar-refractivity contribution in [3.63, 3.8) is 0 Å². The average molecular weight is 211 g/mol. The molecule has 0 saturated heterocycles. The van der Waals surface area contributed by atoms with Crippen LogP contribution >= 0.6 is 0 Å². The lowest BCUT2D eigenvalue weighted by Gasteiger charge is -1.98. The molecule has 5 heteroatoms. The maximum atomic E-state index is 13.0. The van der Waals surface area contributed by atoms with Crippen LogP contribution in [0.1, 0.15) is 12.0 Å². The number of carboxylic acid groups (broad SMARTS) is 1. The van der Waals surface area contributed by atoms with Gasteiger partial charge in [0.25, 0.3) is 0 Å². The standard InChI is InChI=1S/C10H7F2NO2/c11-7-5-8(12)9(13)4-6(7)2-1-3-10(14)15/h4-5H,3,13H2,(H,14,15). The molecule has 78 valence electrons. The van der Waals surface area contributed by atoms with Crippen LogP contribution in [0.4, 0.5) is 14.5 Å². The van der Waals surface area contributed by atoms with Gasteiger partial charge >= 0.3 is 5.97 Å². The molecule has 0 bridgehead atoms. The topological polar surface area (TPSA) is 63.3 Å². The number of rotatable bonds is 1. The number of nitrogens with two attached hydrogens (primary N) is 1. The van der Waals surface area contributed by atoms with Gasteiger partial charge in [-0.25, -0.2) is 8.78 Å². The van der Waals surface area contributed by atoms with Crippen LogP contribution in [0.3, 0.4) is 0 Å². The van der Waals surface area contributed by atoms with E-state index in [1.54, 1.807) is 0 Å². The van der Waals surface area contributed by atoms with E-state index in [0.717, 1.165) is 6.07 Å². The van der Waals surface area contributed by atoms with Crippen molar-refractivity contribution in [3.05, 3.63) is 29.3 Å². The van der Waals surface area contributed by atoms with Gasteiger partial charge < -0.3 is 10.8 Å². The van der Waals surface area contributed by atoms with E-state index in [0.29, 0.717) is 6.07 Å². The summed E-state index contributed by atoms with van der Waals surface area (Å²) in [6.07, 6.45) is -0.406. The SMILES string of the molecule is Nc1cc(C#CCC(=O)O)c(F)cc1F. The van der Waals surface area contributed by atoms with Gasteiger partial charge in [-0.3, -0.25) is 4.79 Å². The summed E-state index contributed by atoms with van der Waals surface area (Å²) in [5.74, 6) is 1.64. The van der Waals surface area contributed by atoms with E-state index in [9.17, 15) is 13.6 Å². The highest BCUT2D eigenvalue weighted by Gasteiger charge is 2.05. The molecule has 0 unspecified atom stereocenters. The maximum Gasteiger partial charge on any atom is 0.315 e. The van der Waals surface area contributed by atoms with Gasteiger partial charge in [-0.15, -0.1) is 0 Å². The smallest absolute Gasteiger partial charge is 0.315 e. The molecule has 1 rings (SSSR count). The fourth-order valence-electron chi connectivity index (χ4n) is 0.877. The Labute approximate surface area is 84.5 Å². The normalized spacial score (nSPS) is 9.20. The molecule has 0 heterocycles. The van der Waals surface area contributed by atoms with Crippen LogP contribution in [-0.4, -0.2) is 11.1 Å². The number of aliphatic carboxylic acids is 1. The third kappa shape index (κ3) is 2.95. The second-order valence-electron chi connectivity index (χ2n) is 2.73. The molecule has 0 aliphatic carbocycles. The lowest BCUT2D eigenvalue weighted by atomic mass is 10.2. The Kier molecular flexibility index (Phi) is 3.24. The van der Waals surface area contributed by atoms with E-state index in [4.69, 9.17) is 10.8 Å². The van der Waals surface area contributed by atoms with Gasteiger partial charge in [0, 0.05) is 6.07 Å². The van der Waals surface area contributed by atoms with Crippen molar-refractivity contribution in [3.8, 4) is 11.8 Å². The summed E-state index contributed by atoms with van der Waals surface area (Å²) < 4.78 is 25.7. The van der Waals surface area contributed by atoms with Gasteiger partial charge in [-0.05, 0) is 6.07 Å². The number of halogens is 2. The number of carbonyl (C=O) groups is 1. The monoisotopic (exact) mass is 211 g/mol. The summed E-state index contributed by atoms with van der Waals surface area (Å²) in [6, 6.07) is 1.64. The molecule has 1 aromatic carbocycles. The molecule has 0 aliphatic heterocycles. The van der Waals surface area contributed by atoms with Crippen molar-refractivity contribution in [2.75, 3.05) is 5.73 Å². The fourth-order valence-corrected chi connectivity index (χ4v) is 0.877. The molecule has 0 fully saturated rings. The minimum atomic E-state index is -1.11. The summed E-state index contributed by atoms with van der Waals surface area (Å²) in [5, 5.41) is 8.28. The van der Waals surface area contributed by atoms with E-state index < -0.39 is 24.0 Å². The molecule has 1 aromatic rings. The predicted molar refractivity (Wildman–Crippen MR) is 49.9 cm³/mol. The summed E-state index contributed by atoms with van der Waals surface area (Å²) in [5.41, 5.74) is 4.85. The van der Waals surface area contributed by atoms with Crippen LogP contribution in [0.15, 0.2) is 12.1 Å². The van der Waals surface area contributed by atoms with Gasteiger partial charge in [0.05, 0.1) is 11.3 Å². The zero-order valence-electron chi connectivity index (χ0n) is 7.55. The highest BCUT2D eigenvalue weighted by Crippen LogP contribution is 2.15. The molecule has 0 atom stereocenters. The highest BCUT2D eigenvalue weighted by atomic mass is 19.1. The van der Waals surface area contributed by atoms with Gasteiger partial charge in [0.2, 0.25) is 0 Å². The average Bonchev–Trinajstić information content (AvgIpc) is 2.13. The van der Waals surface area contributed by atoms with E-state index in [2.05, 4.69) is 11.8 Å². The molecule has 0 amide bonds. The quantitative estimate of drug-likeness (QED) is 0.544. The Balaban J connectivity index is 2.98. The van der Waals surface area contributed by atoms with E-state index >= 15 is 0 Å². The molecule has 0 saturated carbocycles. The van der Waals surface area contributed by atoms with Crippen LogP contribution in [-0.2, 0) is 4.79 Å². The Morgan fingerprint density at radius 2 is 2.07 bits per heavy atom. The molecule has 0 spiro atoms. The predicted octanol–water partition coefficient (Wildman–Crippen LogP) is 1.37. The van der Waals surface area contributed by atoms with Gasteiger partial charge in [-0.1, -0.05) is 11.8 Å². The molecule has 3 N–H and O–H groups in total. The van der Waals surface area contributed by atoms with Crippen LogP contribution in [0.5, 0.6) is 0 Å². The van der Waals surface area contributed by atoms with Crippen molar-refractivity contribution in [1.82, 2.24) is 0 Å². The summed E-state index contributed by atoms with van der Waals surface area (Å²) in [4.78, 5) is 10.1. The molecular formula is C10H7F2NO2. The third-order valence-electron chi connectivity index (χ3n) is 1.55. The third-order valence-corrected chi connectivity index (χ3v) is 1.55. The van der Waals surface area contributed by atoms with Crippen molar-refractivity contribution in [2.45, 2.75) is 6.42 Å². The largest absolute Gasteiger partial charge is 0.481 e. The molecule has 0 aliphatic rings. The van der Waals surface area contributed by atoms with Crippen LogP contribution in [0, 0.1) is 23.5 Å². The minimum Gasteiger partial charge on any atom is -0.481 e. The zero-order valence-corrected chi connectivity index (χ0v) is 7.55. The molecule has 15 heavy (non-hydrogen) atoms. The Morgan fingerprint density at radius 1 is 1.40 bits per heavy atom. The second-order valence-corrected chi connectivity index (χ2v) is 2.73.